The predicted molar refractivity (Wildman–Crippen MR) is 108 cm³/mol. The van der Waals surface area contributed by atoms with Crippen molar-refractivity contribution >= 4 is 28.9 Å². The number of halogens is 1. The van der Waals surface area contributed by atoms with Crippen molar-refractivity contribution in [3.05, 3.63) is 64.9 Å². The van der Waals surface area contributed by atoms with Gasteiger partial charge >= 0.3 is 0 Å². The maximum atomic E-state index is 6.03. The molecule has 140 valence electrons. The van der Waals surface area contributed by atoms with E-state index in [0.717, 1.165) is 17.1 Å². The summed E-state index contributed by atoms with van der Waals surface area (Å²) in [5.41, 5.74) is 1.92. The summed E-state index contributed by atoms with van der Waals surface area (Å²) < 4.78 is 10.6. The summed E-state index contributed by atoms with van der Waals surface area (Å²) in [4.78, 5) is 8.86. The van der Waals surface area contributed by atoms with Gasteiger partial charge in [-0.1, -0.05) is 23.7 Å². The third kappa shape index (κ3) is 5.01. The van der Waals surface area contributed by atoms with Crippen LogP contribution in [0, 0.1) is 6.92 Å². The summed E-state index contributed by atoms with van der Waals surface area (Å²) >= 11 is 6.03. The number of methoxy groups -OCH3 is 2. The fraction of sp³-hybridized carbons (Fsp3) is 0.200. The molecule has 0 aliphatic carbocycles. The standard InChI is InChI=1S/C20H21ClN4O2/c1-13-23-19(11-20(24-13)25-16-6-4-5-15(21)10-16)22-12-14-7-8-17(26-2)18(9-14)27-3/h4-11H,12H2,1-3H3,(H2,22,23,24,25). The Bertz CT molecular complexity index is 934. The van der Waals surface area contributed by atoms with E-state index in [4.69, 9.17) is 21.1 Å². The van der Waals surface area contributed by atoms with E-state index < -0.39 is 0 Å². The van der Waals surface area contributed by atoms with Gasteiger partial charge in [0.15, 0.2) is 11.5 Å². The molecule has 3 rings (SSSR count). The molecule has 0 radical (unpaired) electrons. The third-order valence-corrected chi connectivity index (χ3v) is 4.09. The Morgan fingerprint density at radius 2 is 1.70 bits per heavy atom. The van der Waals surface area contributed by atoms with Gasteiger partial charge in [-0.15, -0.1) is 0 Å². The summed E-state index contributed by atoms with van der Waals surface area (Å²) in [5, 5.41) is 7.22. The number of rotatable bonds is 7. The van der Waals surface area contributed by atoms with Crippen LogP contribution in [0.5, 0.6) is 11.5 Å². The molecule has 0 saturated carbocycles. The van der Waals surface area contributed by atoms with Gasteiger partial charge < -0.3 is 20.1 Å². The number of aromatic nitrogens is 2. The average Bonchev–Trinajstić information content (AvgIpc) is 2.65. The van der Waals surface area contributed by atoms with Gasteiger partial charge in [0, 0.05) is 23.3 Å². The summed E-state index contributed by atoms with van der Waals surface area (Å²) in [7, 11) is 3.24. The van der Waals surface area contributed by atoms with E-state index in [2.05, 4.69) is 20.6 Å². The first-order valence-corrected chi connectivity index (χ1v) is 8.78. The summed E-state index contributed by atoms with van der Waals surface area (Å²) in [6.07, 6.45) is 0. The molecule has 0 amide bonds. The highest BCUT2D eigenvalue weighted by atomic mass is 35.5. The Balaban J connectivity index is 1.73. The van der Waals surface area contributed by atoms with Crippen LogP contribution in [0.2, 0.25) is 5.02 Å². The van der Waals surface area contributed by atoms with Crippen LogP contribution in [-0.2, 0) is 6.54 Å². The van der Waals surface area contributed by atoms with Crippen LogP contribution < -0.4 is 20.1 Å². The van der Waals surface area contributed by atoms with E-state index >= 15 is 0 Å². The van der Waals surface area contributed by atoms with Crippen LogP contribution in [0.4, 0.5) is 17.3 Å². The summed E-state index contributed by atoms with van der Waals surface area (Å²) in [5.74, 6) is 3.48. The van der Waals surface area contributed by atoms with Gasteiger partial charge in [-0.25, -0.2) is 9.97 Å². The zero-order chi connectivity index (χ0) is 19.2. The first kappa shape index (κ1) is 18.8. The van der Waals surface area contributed by atoms with Crippen molar-refractivity contribution in [2.45, 2.75) is 13.5 Å². The number of nitrogens with zero attached hydrogens (tertiary/aromatic N) is 2. The van der Waals surface area contributed by atoms with E-state index in [1.165, 1.54) is 0 Å². The Kier molecular flexibility index (Phi) is 5.98. The van der Waals surface area contributed by atoms with Gasteiger partial charge in [-0.2, -0.15) is 0 Å². The highest BCUT2D eigenvalue weighted by molar-refractivity contribution is 6.30. The van der Waals surface area contributed by atoms with Crippen molar-refractivity contribution in [1.82, 2.24) is 9.97 Å². The molecule has 0 aliphatic rings. The van der Waals surface area contributed by atoms with E-state index in [0.29, 0.717) is 34.7 Å². The molecular formula is C20H21ClN4O2. The molecule has 2 aromatic carbocycles. The van der Waals surface area contributed by atoms with E-state index in [1.54, 1.807) is 14.2 Å². The van der Waals surface area contributed by atoms with Gasteiger partial charge in [-0.3, -0.25) is 0 Å². The largest absolute Gasteiger partial charge is 0.493 e. The monoisotopic (exact) mass is 384 g/mol. The SMILES string of the molecule is COc1ccc(CNc2cc(Nc3cccc(Cl)c3)nc(C)n2)cc1OC. The maximum Gasteiger partial charge on any atom is 0.161 e. The zero-order valence-electron chi connectivity index (χ0n) is 15.4. The van der Waals surface area contributed by atoms with Crippen LogP contribution in [0.25, 0.3) is 0 Å². The van der Waals surface area contributed by atoms with Gasteiger partial charge in [0.05, 0.1) is 14.2 Å². The fourth-order valence-electron chi connectivity index (χ4n) is 2.62. The molecule has 2 N–H and O–H groups in total. The molecule has 0 bridgehead atoms. The minimum Gasteiger partial charge on any atom is -0.493 e. The zero-order valence-corrected chi connectivity index (χ0v) is 16.2. The minimum atomic E-state index is 0.591. The van der Waals surface area contributed by atoms with Crippen molar-refractivity contribution in [1.29, 1.82) is 0 Å². The van der Waals surface area contributed by atoms with Crippen LogP contribution in [0.15, 0.2) is 48.5 Å². The van der Waals surface area contributed by atoms with E-state index in [1.807, 2.05) is 55.5 Å². The number of benzene rings is 2. The van der Waals surface area contributed by atoms with E-state index in [-0.39, 0.29) is 0 Å². The Labute approximate surface area is 163 Å². The number of ether oxygens (including phenoxy) is 2. The maximum absolute atomic E-state index is 6.03. The molecule has 1 aromatic heterocycles. The molecule has 0 spiro atoms. The van der Waals surface area contributed by atoms with Crippen LogP contribution in [0.1, 0.15) is 11.4 Å². The van der Waals surface area contributed by atoms with Crippen LogP contribution in [-0.4, -0.2) is 24.2 Å². The first-order chi connectivity index (χ1) is 13.1. The number of aryl methyl sites for hydroxylation is 1. The van der Waals surface area contributed by atoms with Gasteiger partial charge in [-0.05, 0) is 42.8 Å². The Morgan fingerprint density at radius 1 is 0.926 bits per heavy atom. The smallest absolute Gasteiger partial charge is 0.161 e. The molecule has 6 nitrogen and oxygen atoms in total. The second-order valence-electron chi connectivity index (χ2n) is 5.86. The van der Waals surface area contributed by atoms with Crippen molar-refractivity contribution in [2.75, 3.05) is 24.9 Å². The number of hydrogen-bond donors (Lipinski definition) is 2. The third-order valence-electron chi connectivity index (χ3n) is 3.86. The lowest BCUT2D eigenvalue weighted by Gasteiger charge is -2.12. The van der Waals surface area contributed by atoms with Crippen LogP contribution in [0.3, 0.4) is 0 Å². The Hall–Kier alpha value is -2.99. The molecule has 0 unspecified atom stereocenters. The molecule has 0 atom stereocenters. The minimum absolute atomic E-state index is 0.591. The number of nitrogens with one attached hydrogen (secondary N) is 2. The highest BCUT2D eigenvalue weighted by Crippen LogP contribution is 2.28. The second kappa shape index (κ2) is 8.60. The van der Waals surface area contributed by atoms with Crippen molar-refractivity contribution in [3.63, 3.8) is 0 Å². The fourth-order valence-corrected chi connectivity index (χ4v) is 2.81. The number of hydrogen-bond acceptors (Lipinski definition) is 6. The average molecular weight is 385 g/mol. The van der Waals surface area contributed by atoms with E-state index in [9.17, 15) is 0 Å². The van der Waals surface area contributed by atoms with Gasteiger partial charge in [0.1, 0.15) is 17.5 Å². The highest BCUT2D eigenvalue weighted by Gasteiger charge is 2.06. The number of anilines is 3. The molecule has 0 fully saturated rings. The molecule has 27 heavy (non-hydrogen) atoms. The summed E-state index contributed by atoms with van der Waals surface area (Å²) in [6.45, 7) is 2.44. The molecular weight excluding hydrogens is 364 g/mol. The molecule has 1 heterocycles. The lowest BCUT2D eigenvalue weighted by Crippen LogP contribution is -2.05. The molecule has 7 heteroatoms. The van der Waals surface area contributed by atoms with Gasteiger partial charge in [0.25, 0.3) is 0 Å². The topological polar surface area (TPSA) is 68.3 Å². The molecule has 3 aromatic rings. The van der Waals surface area contributed by atoms with Crippen LogP contribution >= 0.6 is 11.6 Å². The second-order valence-corrected chi connectivity index (χ2v) is 6.30. The lowest BCUT2D eigenvalue weighted by atomic mass is 10.2. The summed E-state index contributed by atoms with van der Waals surface area (Å²) in [6, 6.07) is 15.1. The van der Waals surface area contributed by atoms with Crippen molar-refractivity contribution in [2.24, 2.45) is 0 Å². The normalized spacial score (nSPS) is 10.4. The molecule has 0 saturated heterocycles. The quantitative estimate of drug-likeness (QED) is 0.609. The predicted octanol–water partition coefficient (Wildman–Crippen LogP) is 4.81. The first-order valence-electron chi connectivity index (χ1n) is 8.40. The van der Waals surface area contributed by atoms with Gasteiger partial charge in [0.2, 0.25) is 0 Å². The lowest BCUT2D eigenvalue weighted by molar-refractivity contribution is 0.354. The molecule has 0 aliphatic heterocycles. The Morgan fingerprint density at radius 3 is 2.44 bits per heavy atom. The van der Waals surface area contributed by atoms with Crippen molar-refractivity contribution in [3.8, 4) is 11.5 Å². The van der Waals surface area contributed by atoms with Crippen molar-refractivity contribution < 1.29 is 9.47 Å².